The Labute approximate surface area is 89.5 Å². The molecule has 1 aliphatic carbocycles. The van der Waals surface area contributed by atoms with E-state index in [1.165, 1.54) is 0 Å². The fraction of sp³-hybridized carbons (Fsp3) is 0.583. The third-order valence-corrected chi connectivity index (χ3v) is 3.80. The molecule has 1 heterocycles. The maximum Gasteiger partial charge on any atom is 0.314 e. The number of aliphatic carboxylic acids is 1. The van der Waals surface area contributed by atoms with Crippen LogP contribution in [0.1, 0.15) is 37.1 Å². The lowest BCUT2D eigenvalue weighted by Gasteiger charge is -2.17. The number of aromatic nitrogens is 1. The van der Waals surface area contributed by atoms with Crippen molar-refractivity contribution in [3.05, 3.63) is 23.0 Å². The number of rotatable bonds is 2. The maximum atomic E-state index is 11.5. The van der Waals surface area contributed by atoms with Gasteiger partial charge in [-0.15, -0.1) is 0 Å². The van der Waals surface area contributed by atoms with Gasteiger partial charge in [0.25, 0.3) is 0 Å². The maximum absolute atomic E-state index is 11.5. The summed E-state index contributed by atoms with van der Waals surface area (Å²) < 4.78 is 0. The highest BCUT2D eigenvalue weighted by molar-refractivity contribution is 5.88. The molecule has 0 saturated heterocycles. The number of hydrogen-bond acceptors (Lipinski definition) is 1. The molecule has 3 heteroatoms. The summed E-state index contributed by atoms with van der Waals surface area (Å²) in [6.07, 6.45) is 2.62. The van der Waals surface area contributed by atoms with E-state index in [2.05, 4.69) is 4.98 Å². The van der Waals surface area contributed by atoms with E-state index in [9.17, 15) is 9.90 Å². The van der Waals surface area contributed by atoms with E-state index >= 15 is 0 Å². The second-order valence-corrected chi connectivity index (χ2v) is 5.24. The standard InChI is InChI=1S/C12H17NO2/c1-7-5-13-8(2)9(7)12(10(14)15)6-11(12,3)4/h5,13H,6H2,1-4H3,(H,14,15). The average Bonchev–Trinajstić information content (AvgIpc) is 2.51. The van der Waals surface area contributed by atoms with Gasteiger partial charge < -0.3 is 10.1 Å². The second-order valence-electron chi connectivity index (χ2n) is 5.24. The number of aryl methyl sites for hydroxylation is 2. The summed E-state index contributed by atoms with van der Waals surface area (Å²) >= 11 is 0. The topological polar surface area (TPSA) is 53.1 Å². The lowest BCUT2D eigenvalue weighted by molar-refractivity contribution is -0.141. The van der Waals surface area contributed by atoms with Crippen molar-refractivity contribution in [1.29, 1.82) is 0 Å². The van der Waals surface area contributed by atoms with E-state index < -0.39 is 11.4 Å². The summed E-state index contributed by atoms with van der Waals surface area (Å²) in [6, 6.07) is 0. The van der Waals surface area contributed by atoms with Gasteiger partial charge in [-0.25, -0.2) is 0 Å². The van der Waals surface area contributed by atoms with Gasteiger partial charge in [0.2, 0.25) is 0 Å². The summed E-state index contributed by atoms with van der Waals surface area (Å²) in [5.74, 6) is -0.696. The van der Waals surface area contributed by atoms with Gasteiger partial charge in [-0.2, -0.15) is 0 Å². The Morgan fingerprint density at radius 1 is 1.47 bits per heavy atom. The van der Waals surface area contributed by atoms with E-state index in [0.29, 0.717) is 0 Å². The summed E-state index contributed by atoms with van der Waals surface area (Å²) in [4.78, 5) is 14.6. The smallest absolute Gasteiger partial charge is 0.314 e. The van der Waals surface area contributed by atoms with Crippen LogP contribution in [0, 0.1) is 19.3 Å². The van der Waals surface area contributed by atoms with Gasteiger partial charge in [0.05, 0.1) is 0 Å². The highest BCUT2D eigenvalue weighted by Crippen LogP contribution is 2.65. The molecule has 1 aromatic heterocycles. The second kappa shape index (κ2) is 2.65. The molecule has 0 radical (unpaired) electrons. The van der Waals surface area contributed by atoms with E-state index in [1.807, 2.05) is 33.9 Å². The van der Waals surface area contributed by atoms with Crippen LogP contribution in [0.3, 0.4) is 0 Å². The number of carbonyl (C=O) groups is 1. The monoisotopic (exact) mass is 207 g/mol. The van der Waals surface area contributed by atoms with Crippen LogP contribution in [0.25, 0.3) is 0 Å². The molecule has 0 bridgehead atoms. The van der Waals surface area contributed by atoms with Crippen LogP contribution in [-0.4, -0.2) is 16.1 Å². The van der Waals surface area contributed by atoms with Gasteiger partial charge in [-0.3, -0.25) is 4.79 Å². The van der Waals surface area contributed by atoms with E-state index in [0.717, 1.165) is 23.2 Å². The Balaban J connectivity index is 2.59. The molecule has 1 aliphatic rings. The van der Waals surface area contributed by atoms with Crippen molar-refractivity contribution in [2.75, 3.05) is 0 Å². The molecule has 0 aromatic carbocycles. The predicted molar refractivity (Wildman–Crippen MR) is 58.0 cm³/mol. The SMILES string of the molecule is Cc1c[nH]c(C)c1C1(C(=O)O)CC1(C)C. The van der Waals surface area contributed by atoms with Crippen LogP contribution < -0.4 is 0 Å². The third kappa shape index (κ3) is 1.09. The van der Waals surface area contributed by atoms with Gasteiger partial charge in [0, 0.05) is 11.9 Å². The number of nitrogens with one attached hydrogen (secondary N) is 1. The van der Waals surface area contributed by atoms with E-state index in [4.69, 9.17) is 0 Å². The Morgan fingerprint density at radius 2 is 2.00 bits per heavy atom. The number of carboxylic acid groups (broad SMARTS) is 1. The largest absolute Gasteiger partial charge is 0.481 e. The normalized spacial score (nSPS) is 27.7. The molecule has 1 unspecified atom stereocenters. The molecule has 0 spiro atoms. The molecule has 1 fully saturated rings. The number of hydrogen-bond donors (Lipinski definition) is 2. The van der Waals surface area contributed by atoms with Crippen molar-refractivity contribution < 1.29 is 9.90 Å². The minimum atomic E-state index is -0.696. The molecular formula is C12H17NO2. The highest BCUT2D eigenvalue weighted by Gasteiger charge is 2.68. The van der Waals surface area contributed by atoms with Crippen LogP contribution in [0.4, 0.5) is 0 Å². The van der Waals surface area contributed by atoms with Crippen LogP contribution in [0.15, 0.2) is 6.20 Å². The molecule has 2 N–H and O–H groups in total. The molecule has 2 rings (SSSR count). The van der Waals surface area contributed by atoms with Crippen molar-refractivity contribution in [3.63, 3.8) is 0 Å². The first kappa shape index (κ1) is 10.3. The highest BCUT2D eigenvalue weighted by atomic mass is 16.4. The fourth-order valence-corrected chi connectivity index (χ4v) is 2.83. The van der Waals surface area contributed by atoms with Crippen molar-refractivity contribution in [2.24, 2.45) is 5.41 Å². The number of carboxylic acids is 1. The van der Waals surface area contributed by atoms with Crippen molar-refractivity contribution in [3.8, 4) is 0 Å². The molecule has 1 saturated carbocycles. The van der Waals surface area contributed by atoms with Gasteiger partial charge in [0.1, 0.15) is 5.41 Å². The van der Waals surface area contributed by atoms with Gasteiger partial charge in [-0.1, -0.05) is 13.8 Å². The molecule has 0 aliphatic heterocycles. The first-order valence-corrected chi connectivity index (χ1v) is 5.21. The Kier molecular flexibility index (Phi) is 1.82. The van der Waals surface area contributed by atoms with Crippen LogP contribution in [-0.2, 0) is 10.2 Å². The zero-order valence-electron chi connectivity index (χ0n) is 9.64. The molecule has 82 valence electrons. The Hall–Kier alpha value is -1.25. The van der Waals surface area contributed by atoms with E-state index in [-0.39, 0.29) is 5.41 Å². The van der Waals surface area contributed by atoms with E-state index in [1.54, 1.807) is 0 Å². The number of H-pyrrole nitrogens is 1. The minimum Gasteiger partial charge on any atom is -0.481 e. The first-order chi connectivity index (χ1) is 6.83. The minimum absolute atomic E-state index is 0.128. The molecule has 3 nitrogen and oxygen atoms in total. The third-order valence-electron chi connectivity index (χ3n) is 3.80. The quantitative estimate of drug-likeness (QED) is 0.782. The molecule has 0 amide bonds. The lowest BCUT2D eigenvalue weighted by Crippen LogP contribution is -2.26. The zero-order chi connectivity index (χ0) is 11.4. The summed E-state index contributed by atoms with van der Waals surface area (Å²) in [5.41, 5.74) is 2.23. The Bertz CT molecular complexity index is 411. The van der Waals surface area contributed by atoms with Crippen molar-refractivity contribution in [1.82, 2.24) is 4.98 Å². The zero-order valence-corrected chi connectivity index (χ0v) is 9.64. The van der Waals surface area contributed by atoms with Gasteiger partial charge in [-0.05, 0) is 36.8 Å². The number of aromatic amines is 1. The van der Waals surface area contributed by atoms with Crippen LogP contribution in [0.2, 0.25) is 0 Å². The summed E-state index contributed by atoms with van der Waals surface area (Å²) in [5, 5.41) is 9.45. The Morgan fingerprint density at radius 3 is 2.27 bits per heavy atom. The predicted octanol–water partition coefficient (Wildman–Crippen LogP) is 2.38. The summed E-state index contributed by atoms with van der Waals surface area (Å²) in [6.45, 7) is 7.96. The fourth-order valence-electron chi connectivity index (χ4n) is 2.83. The molecular weight excluding hydrogens is 190 g/mol. The summed E-state index contributed by atoms with van der Waals surface area (Å²) in [7, 11) is 0. The van der Waals surface area contributed by atoms with Gasteiger partial charge in [0.15, 0.2) is 0 Å². The lowest BCUT2D eigenvalue weighted by atomic mass is 9.86. The average molecular weight is 207 g/mol. The molecule has 1 aromatic rings. The molecule has 15 heavy (non-hydrogen) atoms. The molecule has 1 atom stereocenters. The van der Waals surface area contributed by atoms with Crippen molar-refractivity contribution >= 4 is 5.97 Å². The van der Waals surface area contributed by atoms with Crippen molar-refractivity contribution in [2.45, 2.75) is 39.5 Å². The van der Waals surface area contributed by atoms with Crippen LogP contribution in [0.5, 0.6) is 0 Å². The first-order valence-electron chi connectivity index (χ1n) is 5.21. The van der Waals surface area contributed by atoms with Crippen LogP contribution >= 0.6 is 0 Å². The van der Waals surface area contributed by atoms with Gasteiger partial charge >= 0.3 is 5.97 Å².